The molecule has 0 amide bonds. The summed E-state index contributed by atoms with van der Waals surface area (Å²) in [7, 11) is 4.30. The smallest absolute Gasteiger partial charge is 0.168 e. The Labute approximate surface area is 105 Å². The maximum atomic E-state index is 5.41. The quantitative estimate of drug-likeness (QED) is 0.598. The third-order valence-electron chi connectivity index (χ3n) is 3.27. The fraction of sp³-hybridized carbons (Fsp3) is 0.917. The predicted octanol–water partition coefficient (Wildman–Crippen LogP) is 1.69. The lowest BCUT2D eigenvalue weighted by atomic mass is 10.1. The molecule has 0 bridgehead atoms. The molecule has 1 heterocycles. The van der Waals surface area contributed by atoms with Crippen molar-refractivity contribution in [3.8, 4) is 0 Å². The highest BCUT2D eigenvalue weighted by atomic mass is 32.1. The van der Waals surface area contributed by atoms with E-state index in [-0.39, 0.29) is 0 Å². The number of nitrogens with one attached hydrogen (secondary N) is 1. The van der Waals surface area contributed by atoms with Gasteiger partial charge < -0.3 is 15.1 Å². The number of hydrogen-bond acceptors (Lipinski definition) is 2. The third-order valence-corrected chi connectivity index (χ3v) is 3.71. The van der Waals surface area contributed by atoms with Crippen LogP contribution in [0.3, 0.4) is 0 Å². The molecule has 0 aromatic carbocycles. The Balaban J connectivity index is 2.31. The van der Waals surface area contributed by atoms with E-state index in [2.05, 4.69) is 36.1 Å². The van der Waals surface area contributed by atoms with Crippen molar-refractivity contribution in [3.63, 3.8) is 0 Å². The second-order valence-electron chi connectivity index (χ2n) is 4.75. The first-order valence-corrected chi connectivity index (χ1v) is 6.75. The predicted molar refractivity (Wildman–Crippen MR) is 73.8 cm³/mol. The lowest BCUT2D eigenvalue weighted by Crippen LogP contribution is -2.50. The second kappa shape index (κ2) is 7.07. The fourth-order valence-electron chi connectivity index (χ4n) is 2.12. The average molecular weight is 243 g/mol. The lowest BCUT2D eigenvalue weighted by Gasteiger charge is -2.37. The fourth-order valence-corrected chi connectivity index (χ4v) is 2.37. The molecule has 1 fully saturated rings. The van der Waals surface area contributed by atoms with Crippen LogP contribution in [0, 0.1) is 0 Å². The minimum absolute atomic E-state index is 0.584. The number of likely N-dealkylation sites (tertiary alicyclic amines) is 1. The molecule has 16 heavy (non-hydrogen) atoms. The van der Waals surface area contributed by atoms with Crippen LogP contribution in [0.5, 0.6) is 0 Å². The van der Waals surface area contributed by atoms with Crippen LogP contribution in [0.15, 0.2) is 0 Å². The zero-order valence-electron chi connectivity index (χ0n) is 10.8. The molecule has 1 N–H and O–H groups in total. The molecule has 0 radical (unpaired) electrons. The van der Waals surface area contributed by atoms with Gasteiger partial charge in [0, 0.05) is 26.2 Å². The molecule has 0 saturated carbocycles. The van der Waals surface area contributed by atoms with Gasteiger partial charge in [0.25, 0.3) is 0 Å². The Bertz CT molecular complexity index is 220. The van der Waals surface area contributed by atoms with Crippen LogP contribution >= 0.6 is 12.2 Å². The highest BCUT2D eigenvalue weighted by molar-refractivity contribution is 7.80. The van der Waals surface area contributed by atoms with Crippen LogP contribution in [0.4, 0.5) is 0 Å². The summed E-state index contributed by atoms with van der Waals surface area (Å²) in [6.45, 7) is 5.55. The first-order valence-electron chi connectivity index (χ1n) is 6.34. The van der Waals surface area contributed by atoms with Crippen molar-refractivity contribution in [2.45, 2.75) is 38.6 Å². The topological polar surface area (TPSA) is 18.5 Å². The van der Waals surface area contributed by atoms with Crippen LogP contribution in [-0.2, 0) is 0 Å². The first kappa shape index (κ1) is 13.7. The van der Waals surface area contributed by atoms with Crippen molar-refractivity contribution in [2.75, 3.05) is 33.7 Å². The average Bonchev–Trinajstić information content (AvgIpc) is 2.28. The molecular formula is C12H25N3S. The van der Waals surface area contributed by atoms with Crippen LogP contribution in [0.25, 0.3) is 0 Å². The van der Waals surface area contributed by atoms with Gasteiger partial charge in [-0.2, -0.15) is 0 Å². The van der Waals surface area contributed by atoms with Gasteiger partial charge in [-0.25, -0.2) is 0 Å². The normalized spacial score (nSPS) is 21.8. The van der Waals surface area contributed by atoms with E-state index in [0.29, 0.717) is 6.04 Å². The Hall–Kier alpha value is -0.350. The number of rotatable bonds is 4. The zero-order valence-corrected chi connectivity index (χ0v) is 11.6. The molecule has 1 unspecified atom stereocenters. The summed E-state index contributed by atoms with van der Waals surface area (Å²) in [4.78, 5) is 4.62. The maximum absolute atomic E-state index is 5.41. The van der Waals surface area contributed by atoms with Gasteiger partial charge in [0.2, 0.25) is 0 Å². The lowest BCUT2D eigenvalue weighted by molar-refractivity contribution is 0.181. The minimum atomic E-state index is 0.584. The van der Waals surface area contributed by atoms with E-state index in [1.807, 2.05) is 0 Å². The van der Waals surface area contributed by atoms with Crippen molar-refractivity contribution in [1.82, 2.24) is 15.1 Å². The molecule has 1 aliphatic rings. The molecule has 4 heteroatoms. The van der Waals surface area contributed by atoms with Crippen molar-refractivity contribution < 1.29 is 0 Å². The number of hydrogen-bond donors (Lipinski definition) is 1. The molecule has 94 valence electrons. The number of likely N-dealkylation sites (N-methyl/N-ethyl adjacent to an activating group) is 2. The number of piperidine rings is 1. The molecule has 1 rings (SSSR count). The van der Waals surface area contributed by atoms with E-state index in [1.54, 1.807) is 0 Å². The Morgan fingerprint density at radius 2 is 2.31 bits per heavy atom. The molecule has 1 atom stereocenters. The highest BCUT2D eigenvalue weighted by Gasteiger charge is 2.22. The van der Waals surface area contributed by atoms with Crippen LogP contribution in [-0.4, -0.2) is 54.7 Å². The van der Waals surface area contributed by atoms with E-state index in [0.717, 1.165) is 18.2 Å². The summed E-state index contributed by atoms with van der Waals surface area (Å²) < 4.78 is 0. The largest absolute Gasteiger partial charge is 0.363 e. The van der Waals surface area contributed by atoms with Crippen molar-refractivity contribution in [3.05, 3.63) is 0 Å². The van der Waals surface area contributed by atoms with Crippen LogP contribution < -0.4 is 5.32 Å². The molecule has 0 spiro atoms. The van der Waals surface area contributed by atoms with Gasteiger partial charge in [-0.05, 0) is 45.1 Å². The molecule has 0 aliphatic carbocycles. The molecule has 0 aromatic heterocycles. The number of unbranched alkanes of at least 4 members (excludes halogenated alkanes) is 1. The van der Waals surface area contributed by atoms with Gasteiger partial charge in [0.05, 0.1) is 0 Å². The number of nitrogens with zero attached hydrogens (tertiary/aromatic N) is 2. The summed E-state index contributed by atoms with van der Waals surface area (Å²) in [5.74, 6) is 0. The highest BCUT2D eigenvalue weighted by Crippen LogP contribution is 2.13. The van der Waals surface area contributed by atoms with Crippen molar-refractivity contribution >= 4 is 17.3 Å². The first-order chi connectivity index (χ1) is 7.65. The number of thiocarbonyl (C=S) groups is 1. The Kier molecular flexibility index (Phi) is 6.06. The summed E-state index contributed by atoms with van der Waals surface area (Å²) >= 11 is 5.41. The van der Waals surface area contributed by atoms with Gasteiger partial charge in [-0.1, -0.05) is 13.3 Å². The second-order valence-corrected chi connectivity index (χ2v) is 5.14. The third kappa shape index (κ3) is 4.26. The van der Waals surface area contributed by atoms with Gasteiger partial charge >= 0.3 is 0 Å². The molecule has 1 aliphatic heterocycles. The van der Waals surface area contributed by atoms with E-state index < -0.39 is 0 Å². The van der Waals surface area contributed by atoms with Crippen LogP contribution in [0.1, 0.15) is 32.6 Å². The van der Waals surface area contributed by atoms with Gasteiger partial charge in [-0.15, -0.1) is 0 Å². The van der Waals surface area contributed by atoms with Crippen molar-refractivity contribution in [2.24, 2.45) is 0 Å². The maximum Gasteiger partial charge on any atom is 0.168 e. The zero-order chi connectivity index (χ0) is 12.0. The minimum Gasteiger partial charge on any atom is -0.363 e. The van der Waals surface area contributed by atoms with Crippen molar-refractivity contribution in [1.29, 1.82) is 0 Å². The Morgan fingerprint density at radius 1 is 1.56 bits per heavy atom. The summed E-state index contributed by atoms with van der Waals surface area (Å²) in [5, 5.41) is 4.25. The van der Waals surface area contributed by atoms with Gasteiger partial charge in [0.15, 0.2) is 5.11 Å². The van der Waals surface area contributed by atoms with Gasteiger partial charge in [0.1, 0.15) is 0 Å². The molecule has 0 aromatic rings. The summed E-state index contributed by atoms with van der Waals surface area (Å²) in [6.07, 6.45) is 4.95. The Morgan fingerprint density at radius 3 is 2.94 bits per heavy atom. The summed E-state index contributed by atoms with van der Waals surface area (Å²) in [6, 6.07) is 0.584. The SMILES string of the molecule is CCCCNC(=S)N(C)C1CCCN(C)C1. The van der Waals surface area contributed by atoms with E-state index >= 15 is 0 Å². The summed E-state index contributed by atoms with van der Waals surface area (Å²) in [5.41, 5.74) is 0. The molecular weight excluding hydrogens is 218 g/mol. The molecule has 3 nitrogen and oxygen atoms in total. The monoisotopic (exact) mass is 243 g/mol. The standard InChI is InChI=1S/C12H25N3S/c1-4-5-8-13-12(16)15(3)11-7-6-9-14(2)10-11/h11H,4-10H2,1-3H3,(H,13,16). The van der Waals surface area contributed by atoms with Gasteiger partial charge in [-0.3, -0.25) is 0 Å². The van der Waals surface area contributed by atoms with Crippen LogP contribution in [0.2, 0.25) is 0 Å². The van der Waals surface area contributed by atoms with E-state index in [1.165, 1.54) is 32.2 Å². The molecule has 1 saturated heterocycles. The van der Waals surface area contributed by atoms with E-state index in [9.17, 15) is 0 Å². The van der Waals surface area contributed by atoms with E-state index in [4.69, 9.17) is 12.2 Å².